The van der Waals surface area contributed by atoms with Gasteiger partial charge in [-0.15, -0.1) is 0 Å². The molecule has 0 aliphatic heterocycles. The third kappa shape index (κ3) is 2.37. The van der Waals surface area contributed by atoms with E-state index in [1.54, 1.807) is 0 Å². The zero-order valence-electron chi connectivity index (χ0n) is 11.7. The molecule has 1 aliphatic carbocycles. The topological polar surface area (TPSA) is 16.1 Å². The Bertz CT molecular complexity index is 390. The predicted octanol–water partition coefficient (Wildman–Crippen LogP) is 3.09. The minimum atomic E-state index is 0.297. The van der Waals surface area contributed by atoms with Gasteiger partial charge in [0, 0.05) is 23.9 Å². The molecule has 0 N–H and O–H groups in total. The standard InChI is InChI=1S/C15H24N2/c1-15(2,3)14(17(4)5)12-8-9-13-11(12)7-6-10-16-13/h6-7,10,12,14H,8-9H2,1-5H3. The fourth-order valence-electron chi connectivity index (χ4n) is 3.51. The average Bonchev–Trinajstić information content (AvgIpc) is 2.60. The summed E-state index contributed by atoms with van der Waals surface area (Å²) in [6.45, 7) is 7.02. The van der Waals surface area contributed by atoms with Crippen molar-refractivity contribution in [3.8, 4) is 0 Å². The summed E-state index contributed by atoms with van der Waals surface area (Å²) in [5.74, 6) is 0.633. The van der Waals surface area contributed by atoms with Crippen molar-refractivity contribution in [1.29, 1.82) is 0 Å². The van der Waals surface area contributed by atoms with E-state index in [2.05, 4.69) is 56.9 Å². The number of likely N-dealkylation sites (N-methyl/N-ethyl adjacent to an activating group) is 1. The zero-order chi connectivity index (χ0) is 12.6. The Labute approximate surface area is 105 Å². The van der Waals surface area contributed by atoms with Crippen molar-refractivity contribution in [1.82, 2.24) is 9.88 Å². The molecule has 0 bridgehead atoms. The van der Waals surface area contributed by atoms with Crippen LogP contribution in [0, 0.1) is 5.41 Å². The van der Waals surface area contributed by atoms with Gasteiger partial charge in [0.15, 0.2) is 0 Å². The molecule has 2 heteroatoms. The first-order chi connectivity index (χ1) is 7.91. The molecule has 94 valence electrons. The summed E-state index contributed by atoms with van der Waals surface area (Å²) in [4.78, 5) is 6.90. The van der Waals surface area contributed by atoms with Crippen LogP contribution in [0.5, 0.6) is 0 Å². The molecule has 0 spiro atoms. The van der Waals surface area contributed by atoms with Crippen molar-refractivity contribution >= 4 is 0 Å². The van der Waals surface area contributed by atoms with E-state index in [1.807, 2.05) is 6.20 Å². The molecule has 0 fully saturated rings. The Morgan fingerprint density at radius 1 is 1.35 bits per heavy atom. The molecular formula is C15H24N2. The molecule has 2 rings (SSSR count). The lowest BCUT2D eigenvalue weighted by molar-refractivity contribution is 0.123. The second kappa shape index (κ2) is 4.41. The molecule has 0 radical (unpaired) electrons. The second-order valence-corrected chi connectivity index (χ2v) is 6.46. The molecule has 2 unspecified atom stereocenters. The van der Waals surface area contributed by atoms with Crippen molar-refractivity contribution in [3.05, 3.63) is 29.6 Å². The highest BCUT2D eigenvalue weighted by Gasteiger charge is 2.38. The van der Waals surface area contributed by atoms with E-state index in [0.29, 0.717) is 17.4 Å². The monoisotopic (exact) mass is 232 g/mol. The molecule has 0 aromatic carbocycles. The van der Waals surface area contributed by atoms with Crippen LogP contribution in [0.25, 0.3) is 0 Å². The van der Waals surface area contributed by atoms with Crippen molar-refractivity contribution in [2.45, 2.75) is 45.6 Å². The average molecular weight is 232 g/mol. The number of aromatic nitrogens is 1. The van der Waals surface area contributed by atoms with Crippen LogP contribution in [-0.2, 0) is 6.42 Å². The quantitative estimate of drug-likeness (QED) is 0.779. The summed E-state index contributed by atoms with van der Waals surface area (Å²) in [6.07, 6.45) is 4.30. The van der Waals surface area contributed by atoms with Crippen molar-refractivity contribution < 1.29 is 0 Å². The molecule has 2 atom stereocenters. The highest BCUT2D eigenvalue weighted by atomic mass is 15.1. The van der Waals surface area contributed by atoms with Gasteiger partial charge in [-0.25, -0.2) is 0 Å². The molecular weight excluding hydrogens is 208 g/mol. The van der Waals surface area contributed by atoms with Crippen LogP contribution >= 0.6 is 0 Å². The highest BCUT2D eigenvalue weighted by Crippen LogP contribution is 2.42. The van der Waals surface area contributed by atoms with Gasteiger partial charge in [0.1, 0.15) is 0 Å². The Balaban J connectivity index is 2.35. The Kier molecular flexibility index (Phi) is 3.26. The molecule has 0 saturated carbocycles. The molecule has 0 amide bonds. The predicted molar refractivity (Wildman–Crippen MR) is 72.2 cm³/mol. The van der Waals surface area contributed by atoms with Gasteiger partial charge in [-0.05, 0) is 44.0 Å². The third-order valence-electron chi connectivity index (χ3n) is 3.84. The first-order valence-corrected chi connectivity index (χ1v) is 6.51. The molecule has 1 heterocycles. The SMILES string of the molecule is CN(C)C(C1CCc2ncccc21)C(C)(C)C. The van der Waals surface area contributed by atoms with Crippen LogP contribution < -0.4 is 0 Å². The molecule has 17 heavy (non-hydrogen) atoms. The van der Waals surface area contributed by atoms with E-state index >= 15 is 0 Å². The van der Waals surface area contributed by atoms with Gasteiger partial charge in [-0.3, -0.25) is 4.98 Å². The van der Waals surface area contributed by atoms with Gasteiger partial charge in [-0.1, -0.05) is 26.8 Å². The van der Waals surface area contributed by atoms with Crippen LogP contribution in [0.15, 0.2) is 18.3 Å². The van der Waals surface area contributed by atoms with Crippen LogP contribution in [0.3, 0.4) is 0 Å². The summed E-state index contributed by atoms with van der Waals surface area (Å²) in [5, 5.41) is 0. The summed E-state index contributed by atoms with van der Waals surface area (Å²) in [7, 11) is 4.40. The normalized spacial score (nSPS) is 21.6. The van der Waals surface area contributed by atoms with Gasteiger partial charge in [0.25, 0.3) is 0 Å². The molecule has 1 aromatic heterocycles. The Hall–Kier alpha value is -0.890. The number of nitrogens with zero attached hydrogens (tertiary/aromatic N) is 2. The van der Waals surface area contributed by atoms with Gasteiger partial charge < -0.3 is 4.90 Å². The summed E-state index contributed by atoms with van der Waals surface area (Å²) < 4.78 is 0. The first-order valence-electron chi connectivity index (χ1n) is 6.51. The fraction of sp³-hybridized carbons (Fsp3) is 0.667. The number of pyridine rings is 1. The number of hydrogen-bond donors (Lipinski definition) is 0. The third-order valence-corrected chi connectivity index (χ3v) is 3.84. The summed E-state index contributed by atoms with van der Waals surface area (Å²) in [6, 6.07) is 4.92. The van der Waals surface area contributed by atoms with Crippen molar-refractivity contribution in [3.63, 3.8) is 0 Å². The largest absolute Gasteiger partial charge is 0.305 e. The lowest BCUT2D eigenvalue weighted by Crippen LogP contribution is -2.43. The first kappa shape index (κ1) is 12.6. The Morgan fingerprint density at radius 3 is 2.65 bits per heavy atom. The van der Waals surface area contributed by atoms with E-state index in [0.717, 1.165) is 6.42 Å². The molecule has 1 aliphatic rings. The smallest absolute Gasteiger partial charge is 0.0439 e. The molecule has 0 saturated heterocycles. The fourth-order valence-corrected chi connectivity index (χ4v) is 3.51. The van der Waals surface area contributed by atoms with Crippen molar-refractivity contribution in [2.24, 2.45) is 5.41 Å². The van der Waals surface area contributed by atoms with Crippen molar-refractivity contribution in [2.75, 3.05) is 14.1 Å². The molecule has 2 nitrogen and oxygen atoms in total. The van der Waals surface area contributed by atoms with Crippen LogP contribution in [0.2, 0.25) is 0 Å². The second-order valence-electron chi connectivity index (χ2n) is 6.46. The number of rotatable bonds is 2. The highest BCUT2D eigenvalue weighted by molar-refractivity contribution is 5.31. The van der Waals surface area contributed by atoms with Gasteiger partial charge in [0.2, 0.25) is 0 Å². The summed E-state index contributed by atoms with van der Waals surface area (Å²) in [5.41, 5.74) is 3.08. The number of hydrogen-bond acceptors (Lipinski definition) is 2. The van der Waals surface area contributed by atoms with E-state index in [-0.39, 0.29) is 0 Å². The maximum absolute atomic E-state index is 4.51. The maximum Gasteiger partial charge on any atom is 0.0439 e. The van der Waals surface area contributed by atoms with E-state index in [4.69, 9.17) is 0 Å². The lowest BCUT2D eigenvalue weighted by Gasteiger charge is -2.40. The molecule has 1 aromatic rings. The zero-order valence-corrected chi connectivity index (χ0v) is 11.7. The van der Waals surface area contributed by atoms with Crippen LogP contribution in [0.4, 0.5) is 0 Å². The van der Waals surface area contributed by atoms with E-state index < -0.39 is 0 Å². The minimum Gasteiger partial charge on any atom is -0.305 e. The van der Waals surface area contributed by atoms with Crippen LogP contribution in [-0.4, -0.2) is 30.0 Å². The minimum absolute atomic E-state index is 0.297. The Morgan fingerprint density at radius 2 is 2.06 bits per heavy atom. The van der Waals surface area contributed by atoms with E-state index in [9.17, 15) is 0 Å². The van der Waals surface area contributed by atoms with Gasteiger partial charge in [0.05, 0.1) is 0 Å². The number of aryl methyl sites for hydroxylation is 1. The van der Waals surface area contributed by atoms with Gasteiger partial charge >= 0.3 is 0 Å². The van der Waals surface area contributed by atoms with E-state index in [1.165, 1.54) is 17.7 Å². The van der Waals surface area contributed by atoms with Gasteiger partial charge in [-0.2, -0.15) is 0 Å². The number of fused-ring (bicyclic) bond motifs is 1. The lowest BCUT2D eigenvalue weighted by atomic mass is 9.76. The maximum atomic E-state index is 4.51. The summed E-state index contributed by atoms with van der Waals surface area (Å²) >= 11 is 0. The van der Waals surface area contributed by atoms with Crippen LogP contribution in [0.1, 0.15) is 44.4 Å².